The average molecular weight is 637 g/mol. The van der Waals surface area contributed by atoms with Gasteiger partial charge in [-0.05, 0) is 55.2 Å². The van der Waals surface area contributed by atoms with Gasteiger partial charge in [0.1, 0.15) is 29.3 Å². The zero-order chi connectivity index (χ0) is 31.2. The van der Waals surface area contributed by atoms with Gasteiger partial charge in [0.05, 0.1) is 36.0 Å². The van der Waals surface area contributed by atoms with E-state index in [9.17, 15) is 27.5 Å². The first-order valence-electron chi connectivity index (χ1n) is 13.9. The van der Waals surface area contributed by atoms with Gasteiger partial charge in [-0.25, -0.2) is 23.5 Å². The first-order valence-corrected chi connectivity index (χ1v) is 14.3. The standard InChI is InChI=1S/C30H26ClF5N4O4/c31-18-4-3-17(22(32)11-18)15-44-28-21(30(34,35)36)10-16-7-8-39(13-24(16)38-28)14-25-37-23-6-5-20(29(41)42)26(33)27(23)40(25)12-19-2-1-9-43-19/h3-6,10-11,19H,1-2,7-9,12-15H2,(H,41,42)/t19-/m0/s1. The maximum absolute atomic E-state index is 15.4. The Morgan fingerprint density at radius 1 is 1.16 bits per heavy atom. The van der Waals surface area contributed by atoms with Gasteiger partial charge in [0.15, 0.2) is 5.82 Å². The molecule has 0 bridgehead atoms. The summed E-state index contributed by atoms with van der Waals surface area (Å²) in [5.74, 6) is -3.21. The Morgan fingerprint density at radius 2 is 1.98 bits per heavy atom. The van der Waals surface area contributed by atoms with E-state index in [1.54, 1.807) is 4.57 Å². The molecule has 0 radical (unpaired) electrons. The Labute approximate surface area is 253 Å². The van der Waals surface area contributed by atoms with Gasteiger partial charge in [-0.15, -0.1) is 0 Å². The highest BCUT2D eigenvalue weighted by atomic mass is 35.5. The summed E-state index contributed by atoms with van der Waals surface area (Å²) in [5, 5.41) is 9.61. The number of rotatable bonds is 8. The third kappa shape index (κ3) is 6.08. The average Bonchev–Trinajstić information content (AvgIpc) is 3.60. The summed E-state index contributed by atoms with van der Waals surface area (Å²) in [6.45, 7) is 1.05. The van der Waals surface area contributed by atoms with Gasteiger partial charge in [-0.2, -0.15) is 13.2 Å². The maximum Gasteiger partial charge on any atom is 0.421 e. The van der Waals surface area contributed by atoms with E-state index in [1.807, 2.05) is 4.90 Å². The molecule has 0 aliphatic carbocycles. The molecule has 44 heavy (non-hydrogen) atoms. The zero-order valence-electron chi connectivity index (χ0n) is 23.1. The highest BCUT2D eigenvalue weighted by Gasteiger charge is 2.37. The number of carboxylic acid groups (broad SMARTS) is 1. The summed E-state index contributed by atoms with van der Waals surface area (Å²) in [6.07, 6.45) is -3.10. The second kappa shape index (κ2) is 11.9. The molecular formula is C30H26ClF5N4O4. The second-order valence-electron chi connectivity index (χ2n) is 10.8. The molecule has 6 rings (SSSR count). The molecule has 2 aromatic carbocycles. The number of aromatic carboxylic acids is 1. The number of ether oxygens (including phenoxy) is 2. The number of aromatic nitrogens is 3. The molecule has 0 unspecified atom stereocenters. The van der Waals surface area contributed by atoms with Gasteiger partial charge < -0.3 is 19.1 Å². The molecule has 2 aliphatic heterocycles. The van der Waals surface area contributed by atoms with E-state index in [1.165, 1.54) is 24.3 Å². The number of imidazole rings is 1. The number of benzene rings is 2. The smallest absolute Gasteiger partial charge is 0.421 e. The van der Waals surface area contributed by atoms with Crippen molar-refractivity contribution in [3.05, 3.63) is 86.8 Å². The minimum atomic E-state index is -4.75. The zero-order valence-corrected chi connectivity index (χ0v) is 23.9. The minimum absolute atomic E-state index is 0.0205. The Morgan fingerprint density at radius 3 is 2.68 bits per heavy atom. The van der Waals surface area contributed by atoms with E-state index in [-0.39, 0.29) is 53.8 Å². The number of nitrogens with zero attached hydrogens (tertiary/aromatic N) is 4. The van der Waals surface area contributed by atoms with Crippen LogP contribution in [0.1, 0.15) is 51.4 Å². The number of hydrogen-bond donors (Lipinski definition) is 1. The summed E-state index contributed by atoms with van der Waals surface area (Å²) in [4.78, 5) is 22.4. The van der Waals surface area contributed by atoms with Crippen LogP contribution in [0.15, 0.2) is 36.4 Å². The molecule has 1 N–H and O–H groups in total. The molecule has 8 nitrogen and oxygen atoms in total. The molecule has 232 valence electrons. The van der Waals surface area contributed by atoms with Crippen LogP contribution in [-0.4, -0.2) is 49.8 Å². The Balaban J connectivity index is 1.29. The molecule has 0 saturated carbocycles. The lowest BCUT2D eigenvalue weighted by Gasteiger charge is -2.29. The van der Waals surface area contributed by atoms with Crippen LogP contribution in [0.5, 0.6) is 5.88 Å². The van der Waals surface area contributed by atoms with Crippen LogP contribution >= 0.6 is 11.6 Å². The fraction of sp³-hybridized carbons (Fsp3) is 0.367. The van der Waals surface area contributed by atoms with E-state index in [4.69, 9.17) is 21.1 Å². The number of fused-ring (bicyclic) bond motifs is 2. The van der Waals surface area contributed by atoms with E-state index in [0.29, 0.717) is 30.2 Å². The van der Waals surface area contributed by atoms with Gasteiger partial charge >= 0.3 is 12.1 Å². The van der Waals surface area contributed by atoms with Gasteiger partial charge in [-0.3, -0.25) is 4.90 Å². The lowest BCUT2D eigenvalue weighted by molar-refractivity contribution is -0.139. The molecule has 1 fully saturated rings. The summed E-state index contributed by atoms with van der Waals surface area (Å²) in [7, 11) is 0. The summed E-state index contributed by atoms with van der Waals surface area (Å²) < 4.78 is 84.4. The monoisotopic (exact) mass is 636 g/mol. The Hall–Kier alpha value is -3.81. The van der Waals surface area contributed by atoms with Crippen molar-refractivity contribution >= 4 is 28.6 Å². The van der Waals surface area contributed by atoms with Crippen molar-refractivity contribution in [2.24, 2.45) is 0 Å². The van der Waals surface area contributed by atoms with Crippen molar-refractivity contribution in [2.45, 2.75) is 57.8 Å². The van der Waals surface area contributed by atoms with E-state index < -0.39 is 47.4 Å². The number of pyridine rings is 1. The third-order valence-electron chi connectivity index (χ3n) is 7.84. The molecule has 4 aromatic rings. The fourth-order valence-corrected chi connectivity index (χ4v) is 5.79. The van der Waals surface area contributed by atoms with Gasteiger partial charge in [0, 0.05) is 30.3 Å². The molecule has 2 aliphatic rings. The Bertz CT molecular complexity index is 1740. The fourth-order valence-electron chi connectivity index (χ4n) is 5.63. The third-order valence-corrected chi connectivity index (χ3v) is 8.08. The molecule has 1 saturated heterocycles. The summed E-state index contributed by atoms with van der Waals surface area (Å²) in [5.41, 5.74) is -0.392. The second-order valence-corrected chi connectivity index (χ2v) is 11.2. The predicted octanol–water partition coefficient (Wildman–Crippen LogP) is 6.40. The largest absolute Gasteiger partial charge is 0.478 e. The summed E-state index contributed by atoms with van der Waals surface area (Å²) in [6, 6.07) is 7.43. The lowest BCUT2D eigenvalue weighted by Crippen LogP contribution is -2.33. The molecule has 0 amide bonds. The van der Waals surface area contributed by atoms with Crippen molar-refractivity contribution in [2.75, 3.05) is 13.2 Å². The van der Waals surface area contributed by atoms with Crippen LogP contribution in [-0.2, 0) is 43.6 Å². The topological polar surface area (TPSA) is 89.7 Å². The molecule has 14 heteroatoms. The van der Waals surface area contributed by atoms with E-state index in [0.717, 1.165) is 25.0 Å². The van der Waals surface area contributed by atoms with E-state index >= 15 is 4.39 Å². The van der Waals surface area contributed by atoms with Gasteiger partial charge in [-0.1, -0.05) is 17.7 Å². The molecular weight excluding hydrogens is 611 g/mol. The van der Waals surface area contributed by atoms with Crippen LogP contribution < -0.4 is 4.74 Å². The van der Waals surface area contributed by atoms with Crippen LogP contribution in [0.2, 0.25) is 5.02 Å². The van der Waals surface area contributed by atoms with Gasteiger partial charge in [0.2, 0.25) is 5.88 Å². The highest BCUT2D eigenvalue weighted by molar-refractivity contribution is 6.30. The lowest BCUT2D eigenvalue weighted by atomic mass is 10.0. The number of hydrogen-bond acceptors (Lipinski definition) is 6. The number of carboxylic acids is 1. The summed E-state index contributed by atoms with van der Waals surface area (Å²) >= 11 is 5.77. The number of halogens is 6. The maximum atomic E-state index is 15.4. The highest BCUT2D eigenvalue weighted by Crippen LogP contribution is 2.38. The molecule has 0 spiro atoms. The van der Waals surface area contributed by atoms with Crippen molar-refractivity contribution in [1.82, 2.24) is 19.4 Å². The molecule has 2 aromatic heterocycles. The van der Waals surface area contributed by atoms with Crippen molar-refractivity contribution in [1.29, 1.82) is 0 Å². The number of carbonyl (C=O) groups is 1. The SMILES string of the molecule is O=C(O)c1ccc2nc(CN3CCc4cc(C(F)(F)F)c(OCc5ccc(Cl)cc5F)nc4C3)n(C[C@@H]3CCCO3)c2c1F. The first kappa shape index (κ1) is 30.2. The van der Waals surface area contributed by atoms with Crippen molar-refractivity contribution < 1.29 is 41.3 Å². The van der Waals surface area contributed by atoms with Crippen LogP contribution in [0.3, 0.4) is 0 Å². The van der Waals surface area contributed by atoms with E-state index in [2.05, 4.69) is 9.97 Å². The van der Waals surface area contributed by atoms with Crippen LogP contribution in [0.25, 0.3) is 11.0 Å². The van der Waals surface area contributed by atoms with Crippen molar-refractivity contribution in [3.63, 3.8) is 0 Å². The Kier molecular flexibility index (Phi) is 8.20. The molecule has 1 atom stereocenters. The van der Waals surface area contributed by atoms with Crippen molar-refractivity contribution in [3.8, 4) is 5.88 Å². The van der Waals surface area contributed by atoms with Crippen LogP contribution in [0.4, 0.5) is 22.0 Å². The minimum Gasteiger partial charge on any atom is -0.478 e. The first-order chi connectivity index (χ1) is 21.0. The quantitative estimate of drug-likeness (QED) is 0.224. The van der Waals surface area contributed by atoms with Crippen LogP contribution in [0, 0.1) is 11.6 Å². The predicted molar refractivity (Wildman–Crippen MR) is 148 cm³/mol. The molecule has 4 heterocycles. The number of alkyl halides is 3. The van der Waals surface area contributed by atoms with Gasteiger partial charge in [0.25, 0.3) is 0 Å². The normalized spacial score (nSPS) is 17.3.